The molecule has 7 nitrogen and oxygen atoms in total. The van der Waals surface area contributed by atoms with Crippen LogP contribution in [0.15, 0.2) is 59.2 Å². The molecule has 8 heteroatoms. The van der Waals surface area contributed by atoms with Crippen LogP contribution in [-0.4, -0.2) is 44.0 Å². The summed E-state index contributed by atoms with van der Waals surface area (Å²) in [6.45, 7) is 0. The number of amidine groups is 1. The number of ether oxygens (including phenoxy) is 2. The summed E-state index contributed by atoms with van der Waals surface area (Å²) < 4.78 is 10.4. The van der Waals surface area contributed by atoms with Gasteiger partial charge >= 0.3 is 0 Å². The Labute approximate surface area is 173 Å². The second-order valence-electron chi connectivity index (χ2n) is 6.00. The van der Waals surface area contributed by atoms with Crippen LogP contribution in [0.25, 0.3) is 6.08 Å². The third kappa shape index (κ3) is 4.78. The van der Waals surface area contributed by atoms with E-state index in [1.54, 1.807) is 51.6 Å². The Morgan fingerprint density at radius 2 is 1.86 bits per heavy atom. The fourth-order valence-corrected chi connectivity index (χ4v) is 3.52. The maximum absolute atomic E-state index is 13.1. The molecule has 1 aliphatic heterocycles. The number of carbonyl (C=O) groups excluding carboxylic acids is 2. The minimum atomic E-state index is -0.270. The molecule has 2 amide bonds. The lowest BCUT2D eigenvalue weighted by atomic mass is 10.2. The number of thioether (sulfide) groups is 1. The zero-order chi connectivity index (χ0) is 20.8. The van der Waals surface area contributed by atoms with Gasteiger partial charge in [-0.3, -0.25) is 14.5 Å². The Hall–Kier alpha value is -3.26. The van der Waals surface area contributed by atoms with Gasteiger partial charge in [0.15, 0.2) is 5.17 Å². The lowest BCUT2D eigenvalue weighted by molar-refractivity contribution is -0.118. The van der Waals surface area contributed by atoms with Gasteiger partial charge in [0, 0.05) is 13.1 Å². The van der Waals surface area contributed by atoms with Gasteiger partial charge in [-0.05, 0) is 35.9 Å². The van der Waals surface area contributed by atoms with E-state index in [2.05, 4.69) is 10.3 Å². The number of nitrogens with one attached hydrogen (secondary N) is 1. The van der Waals surface area contributed by atoms with E-state index in [0.29, 0.717) is 16.6 Å². The van der Waals surface area contributed by atoms with E-state index in [-0.39, 0.29) is 23.3 Å². The molecule has 0 unspecified atom stereocenters. The highest BCUT2D eigenvalue weighted by atomic mass is 32.2. The first-order valence-electron chi connectivity index (χ1n) is 8.82. The molecule has 2 aromatic rings. The first kappa shape index (κ1) is 20.5. The standard InChI is InChI=1S/C21H21N3O4S/c1-22-19(25)13-29-21-23-18(11-14-7-9-16(27-2)10-8-14)20(26)24(21)15-5-4-6-17(12-15)28-3/h4-12H,13H2,1-3H3,(H,22,25)/b18-11-. The number of hydrogen-bond acceptors (Lipinski definition) is 6. The highest BCUT2D eigenvalue weighted by Gasteiger charge is 2.32. The van der Waals surface area contributed by atoms with Gasteiger partial charge in [0.2, 0.25) is 5.91 Å². The summed E-state index contributed by atoms with van der Waals surface area (Å²) in [6, 6.07) is 14.5. The smallest absolute Gasteiger partial charge is 0.283 e. The van der Waals surface area contributed by atoms with Gasteiger partial charge in [-0.1, -0.05) is 30.0 Å². The summed E-state index contributed by atoms with van der Waals surface area (Å²) >= 11 is 1.20. The summed E-state index contributed by atoms with van der Waals surface area (Å²) in [4.78, 5) is 30.8. The van der Waals surface area contributed by atoms with Crippen LogP contribution < -0.4 is 19.7 Å². The van der Waals surface area contributed by atoms with Crippen molar-refractivity contribution in [3.63, 3.8) is 0 Å². The summed E-state index contributed by atoms with van der Waals surface area (Å²) in [5.74, 6) is 1.09. The van der Waals surface area contributed by atoms with E-state index in [0.717, 1.165) is 11.3 Å². The van der Waals surface area contributed by atoms with E-state index in [9.17, 15) is 9.59 Å². The number of aliphatic imine (C=N–C) groups is 1. The Bertz CT molecular complexity index is 970. The van der Waals surface area contributed by atoms with Crippen LogP contribution in [0.5, 0.6) is 11.5 Å². The molecule has 0 spiro atoms. The third-order valence-electron chi connectivity index (χ3n) is 4.17. The molecule has 0 saturated heterocycles. The lowest BCUT2D eigenvalue weighted by Crippen LogP contribution is -2.31. The number of hydrogen-bond donors (Lipinski definition) is 1. The summed E-state index contributed by atoms with van der Waals surface area (Å²) in [6.07, 6.45) is 1.71. The normalized spacial score (nSPS) is 14.7. The van der Waals surface area contributed by atoms with Crippen LogP contribution in [0.3, 0.4) is 0 Å². The van der Waals surface area contributed by atoms with Crippen molar-refractivity contribution in [3.8, 4) is 11.5 Å². The van der Waals surface area contributed by atoms with E-state index in [1.807, 2.05) is 24.3 Å². The van der Waals surface area contributed by atoms with Crippen LogP contribution in [0.2, 0.25) is 0 Å². The molecule has 0 bridgehead atoms. The van der Waals surface area contributed by atoms with Crippen LogP contribution >= 0.6 is 11.8 Å². The molecular weight excluding hydrogens is 390 g/mol. The molecule has 0 aromatic heterocycles. The minimum Gasteiger partial charge on any atom is -0.497 e. The fraction of sp³-hybridized carbons (Fsp3) is 0.190. The first-order chi connectivity index (χ1) is 14.0. The first-order valence-corrected chi connectivity index (χ1v) is 9.80. The third-order valence-corrected chi connectivity index (χ3v) is 5.11. The number of nitrogens with zero attached hydrogens (tertiary/aromatic N) is 2. The number of anilines is 1. The average Bonchev–Trinajstić information content (AvgIpc) is 3.07. The van der Waals surface area contributed by atoms with Gasteiger partial charge < -0.3 is 14.8 Å². The van der Waals surface area contributed by atoms with Gasteiger partial charge in [-0.2, -0.15) is 0 Å². The summed E-state index contributed by atoms with van der Waals surface area (Å²) in [7, 11) is 4.73. The maximum Gasteiger partial charge on any atom is 0.283 e. The largest absolute Gasteiger partial charge is 0.497 e. The van der Waals surface area contributed by atoms with Crippen molar-refractivity contribution >= 4 is 40.5 Å². The molecule has 150 valence electrons. The lowest BCUT2D eigenvalue weighted by Gasteiger charge is -2.18. The molecule has 2 aromatic carbocycles. The molecule has 3 rings (SSSR count). The Morgan fingerprint density at radius 1 is 1.14 bits per heavy atom. The highest BCUT2D eigenvalue weighted by molar-refractivity contribution is 8.14. The van der Waals surface area contributed by atoms with Crippen molar-refractivity contribution in [1.29, 1.82) is 0 Å². The molecular formula is C21H21N3O4S. The molecule has 0 aliphatic carbocycles. The molecule has 1 N–H and O–H groups in total. The second kappa shape index (κ2) is 9.29. The van der Waals surface area contributed by atoms with Crippen molar-refractivity contribution in [2.75, 3.05) is 31.9 Å². The molecule has 29 heavy (non-hydrogen) atoms. The summed E-state index contributed by atoms with van der Waals surface area (Å²) in [5, 5.41) is 3.01. The highest BCUT2D eigenvalue weighted by Crippen LogP contribution is 2.31. The van der Waals surface area contributed by atoms with E-state index < -0.39 is 0 Å². The Balaban J connectivity index is 1.95. The van der Waals surface area contributed by atoms with Crippen LogP contribution in [0.1, 0.15) is 5.56 Å². The molecule has 0 fully saturated rings. The molecule has 1 aliphatic rings. The number of carbonyl (C=O) groups is 2. The topological polar surface area (TPSA) is 80.2 Å². The Kier molecular flexibility index (Phi) is 6.56. The van der Waals surface area contributed by atoms with E-state index in [4.69, 9.17) is 9.47 Å². The number of amides is 2. The van der Waals surface area contributed by atoms with Crippen molar-refractivity contribution in [3.05, 3.63) is 59.8 Å². The van der Waals surface area contributed by atoms with Crippen molar-refractivity contribution in [2.45, 2.75) is 0 Å². The maximum atomic E-state index is 13.1. The zero-order valence-electron chi connectivity index (χ0n) is 16.3. The van der Waals surface area contributed by atoms with Gasteiger partial charge in [0.05, 0.1) is 25.7 Å². The number of rotatable bonds is 6. The second-order valence-corrected chi connectivity index (χ2v) is 6.94. The SMILES string of the molecule is CNC(=O)CSC1=N/C(=C\c2ccc(OC)cc2)C(=O)N1c1cccc(OC)c1. The minimum absolute atomic E-state index is 0.150. The van der Waals surface area contributed by atoms with Crippen molar-refractivity contribution in [2.24, 2.45) is 4.99 Å². The fourth-order valence-electron chi connectivity index (χ4n) is 2.63. The predicted octanol–water partition coefficient (Wildman–Crippen LogP) is 2.93. The zero-order valence-corrected chi connectivity index (χ0v) is 17.2. The van der Waals surface area contributed by atoms with Gasteiger partial charge in [0.25, 0.3) is 5.91 Å². The van der Waals surface area contributed by atoms with Crippen molar-refractivity contribution in [1.82, 2.24) is 5.32 Å². The molecule has 0 radical (unpaired) electrons. The average molecular weight is 411 g/mol. The van der Waals surface area contributed by atoms with Gasteiger partial charge in [-0.15, -0.1) is 0 Å². The van der Waals surface area contributed by atoms with Crippen molar-refractivity contribution < 1.29 is 19.1 Å². The predicted molar refractivity (Wildman–Crippen MR) is 115 cm³/mol. The van der Waals surface area contributed by atoms with E-state index >= 15 is 0 Å². The monoisotopic (exact) mass is 411 g/mol. The van der Waals surface area contributed by atoms with E-state index in [1.165, 1.54) is 16.7 Å². The van der Waals surface area contributed by atoms with Crippen LogP contribution in [-0.2, 0) is 9.59 Å². The van der Waals surface area contributed by atoms with Gasteiger partial charge in [-0.25, -0.2) is 4.99 Å². The molecule has 1 heterocycles. The quantitative estimate of drug-likeness (QED) is 0.740. The number of methoxy groups -OCH3 is 2. The van der Waals surface area contributed by atoms with Gasteiger partial charge in [0.1, 0.15) is 17.2 Å². The number of benzene rings is 2. The van der Waals surface area contributed by atoms with Crippen LogP contribution in [0.4, 0.5) is 5.69 Å². The summed E-state index contributed by atoms with van der Waals surface area (Å²) in [5.41, 5.74) is 1.73. The van der Waals surface area contributed by atoms with Crippen LogP contribution in [0, 0.1) is 0 Å². The molecule has 0 saturated carbocycles. The Morgan fingerprint density at radius 3 is 2.52 bits per heavy atom. The molecule has 0 atom stereocenters.